The maximum absolute atomic E-state index is 4.62. The van der Waals surface area contributed by atoms with Crippen LogP contribution in [0.2, 0.25) is 0 Å². The standard InChI is InChI=1S/C23H20N6S/c1-16(17-8-10-19(11-9-17)29-15-24-13-27-29)28(2)22-20-12-21(18-6-4-3-5-7-18)30-23(20)26-14-25-22/h3-16H,1-2H3. The Morgan fingerprint density at radius 2 is 1.77 bits per heavy atom. The summed E-state index contributed by atoms with van der Waals surface area (Å²) in [5.41, 5.74) is 3.39. The lowest BCUT2D eigenvalue weighted by Crippen LogP contribution is -2.22. The Labute approximate surface area is 178 Å². The Morgan fingerprint density at radius 3 is 2.50 bits per heavy atom. The Bertz CT molecular complexity index is 1260. The van der Waals surface area contributed by atoms with Crippen LogP contribution in [-0.2, 0) is 0 Å². The van der Waals surface area contributed by atoms with Crippen molar-refractivity contribution in [3.8, 4) is 16.1 Å². The summed E-state index contributed by atoms with van der Waals surface area (Å²) in [5.74, 6) is 0.936. The van der Waals surface area contributed by atoms with Crippen molar-refractivity contribution >= 4 is 27.4 Å². The number of nitrogens with zero attached hydrogens (tertiary/aromatic N) is 6. The van der Waals surface area contributed by atoms with E-state index in [4.69, 9.17) is 0 Å². The molecule has 0 aliphatic carbocycles. The largest absolute Gasteiger partial charge is 0.352 e. The summed E-state index contributed by atoms with van der Waals surface area (Å²) in [7, 11) is 2.08. The van der Waals surface area contributed by atoms with E-state index in [1.165, 1.54) is 22.3 Å². The summed E-state index contributed by atoms with van der Waals surface area (Å²) < 4.78 is 1.75. The minimum atomic E-state index is 0.146. The molecule has 0 bridgehead atoms. The van der Waals surface area contributed by atoms with E-state index in [-0.39, 0.29) is 6.04 Å². The average molecular weight is 413 g/mol. The lowest BCUT2D eigenvalue weighted by molar-refractivity contribution is 0.730. The Hall–Kier alpha value is -3.58. The number of aromatic nitrogens is 5. The van der Waals surface area contributed by atoms with Crippen LogP contribution in [0, 0.1) is 0 Å². The minimum absolute atomic E-state index is 0.146. The molecule has 3 heterocycles. The van der Waals surface area contributed by atoms with Crippen molar-refractivity contribution in [2.45, 2.75) is 13.0 Å². The molecule has 2 aromatic carbocycles. The molecule has 0 saturated heterocycles. The summed E-state index contributed by atoms with van der Waals surface area (Å²) in [6.07, 6.45) is 4.89. The molecule has 1 unspecified atom stereocenters. The minimum Gasteiger partial charge on any atom is -0.352 e. The van der Waals surface area contributed by atoms with Crippen LogP contribution < -0.4 is 4.90 Å². The maximum atomic E-state index is 4.62. The van der Waals surface area contributed by atoms with Gasteiger partial charge in [0.2, 0.25) is 0 Å². The topological polar surface area (TPSA) is 59.7 Å². The van der Waals surface area contributed by atoms with Crippen molar-refractivity contribution in [1.82, 2.24) is 24.7 Å². The average Bonchev–Trinajstić information content (AvgIpc) is 3.49. The SMILES string of the molecule is CC(c1ccc(-n2cncn2)cc1)N(C)c1ncnc2sc(-c3ccccc3)cc12. The van der Waals surface area contributed by atoms with Gasteiger partial charge in [0.05, 0.1) is 17.1 Å². The highest BCUT2D eigenvalue weighted by atomic mass is 32.1. The fraction of sp³-hybridized carbons (Fsp3) is 0.130. The van der Waals surface area contributed by atoms with Gasteiger partial charge in [-0.25, -0.2) is 19.6 Å². The second kappa shape index (κ2) is 7.68. The number of anilines is 1. The molecule has 148 valence electrons. The van der Waals surface area contributed by atoms with Crippen molar-refractivity contribution in [2.75, 3.05) is 11.9 Å². The van der Waals surface area contributed by atoms with E-state index < -0.39 is 0 Å². The third kappa shape index (κ3) is 3.33. The molecule has 0 aliphatic heterocycles. The Kier molecular flexibility index (Phi) is 4.72. The van der Waals surface area contributed by atoms with Crippen molar-refractivity contribution in [3.05, 3.63) is 85.2 Å². The maximum Gasteiger partial charge on any atom is 0.141 e. The summed E-state index contributed by atoms with van der Waals surface area (Å²) >= 11 is 1.70. The highest BCUT2D eigenvalue weighted by Gasteiger charge is 2.18. The molecule has 0 spiro atoms. The van der Waals surface area contributed by atoms with Crippen molar-refractivity contribution in [1.29, 1.82) is 0 Å². The predicted molar refractivity (Wildman–Crippen MR) is 121 cm³/mol. The smallest absolute Gasteiger partial charge is 0.141 e. The molecule has 7 heteroatoms. The fourth-order valence-electron chi connectivity index (χ4n) is 3.52. The van der Waals surface area contributed by atoms with Gasteiger partial charge in [0.15, 0.2) is 0 Å². The van der Waals surface area contributed by atoms with Gasteiger partial charge in [-0.05, 0) is 36.2 Å². The predicted octanol–water partition coefficient (Wildman–Crippen LogP) is 5.14. The first kappa shape index (κ1) is 18.4. The molecule has 1 atom stereocenters. The normalized spacial score (nSPS) is 12.2. The Balaban J connectivity index is 1.46. The number of hydrogen-bond acceptors (Lipinski definition) is 6. The third-order valence-electron chi connectivity index (χ3n) is 5.34. The lowest BCUT2D eigenvalue weighted by atomic mass is 10.1. The molecule has 0 fully saturated rings. The lowest BCUT2D eigenvalue weighted by Gasteiger charge is -2.27. The molecular formula is C23H20N6S. The zero-order valence-corrected chi connectivity index (χ0v) is 17.5. The highest BCUT2D eigenvalue weighted by molar-refractivity contribution is 7.21. The molecule has 3 aromatic heterocycles. The van der Waals surface area contributed by atoms with Crippen LogP contribution in [0.5, 0.6) is 0 Å². The molecule has 6 nitrogen and oxygen atoms in total. The van der Waals surface area contributed by atoms with Gasteiger partial charge in [-0.1, -0.05) is 42.5 Å². The molecule has 5 rings (SSSR count). The van der Waals surface area contributed by atoms with Crippen LogP contribution in [0.4, 0.5) is 5.82 Å². The van der Waals surface area contributed by atoms with Crippen LogP contribution in [-0.4, -0.2) is 31.8 Å². The fourth-order valence-corrected chi connectivity index (χ4v) is 4.52. The van der Waals surface area contributed by atoms with Crippen molar-refractivity contribution < 1.29 is 0 Å². The van der Waals surface area contributed by atoms with Gasteiger partial charge >= 0.3 is 0 Å². The van der Waals surface area contributed by atoms with Gasteiger partial charge < -0.3 is 4.90 Å². The summed E-state index contributed by atoms with van der Waals surface area (Å²) in [6, 6.07) is 21.1. The van der Waals surface area contributed by atoms with E-state index in [0.717, 1.165) is 21.7 Å². The van der Waals surface area contributed by atoms with Crippen molar-refractivity contribution in [3.63, 3.8) is 0 Å². The molecule has 0 radical (unpaired) electrons. The number of thiophene rings is 1. The first-order valence-electron chi connectivity index (χ1n) is 9.68. The molecule has 0 N–H and O–H groups in total. The second-order valence-electron chi connectivity index (χ2n) is 7.11. The number of rotatable bonds is 5. The van der Waals surface area contributed by atoms with E-state index in [2.05, 4.69) is 93.5 Å². The third-order valence-corrected chi connectivity index (χ3v) is 6.43. The van der Waals surface area contributed by atoms with E-state index in [0.29, 0.717) is 0 Å². The van der Waals surface area contributed by atoms with Gasteiger partial charge in [0, 0.05) is 11.9 Å². The van der Waals surface area contributed by atoms with Crippen LogP contribution in [0.15, 0.2) is 79.6 Å². The van der Waals surface area contributed by atoms with E-state index in [1.54, 1.807) is 28.7 Å². The first-order chi connectivity index (χ1) is 14.7. The van der Waals surface area contributed by atoms with Gasteiger partial charge in [-0.3, -0.25) is 0 Å². The molecule has 0 aliphatic rings. The van der Waals surface area contributed by atoms with Crippen LogP contribution >= 0.6 is 11.3 Å². The number of benzene rings is 2. The molecule has 5 aromatic rings. The first-order valence-corrected chi connectivity index (χ1v) is 10.5. The van der Waals surface area contributed by atoms with E-state index >= 15 is 0 Å². The summed E-state index contributed by atoms with van der Waals surface area (Å²) in [5, 5.41) is 5.26. The van der Waals surface area contributed by atoms with Gasteiger partial charge in [0.25, 0.3) is 0 Å². The van der Waals surface area contributed by atoms with Crippen LogP contribution in [0.3, 0.4) is 0 Å². The van der Waals surface area contributed by atoms with Crippen molar-refractivity contribution in [2.24, 2.45) is 0 Å². The van der Waals surface area contributed by atoms with Crippen LogP contribution in [0.1, 0.15) is 18.5 Å². The molecule has 0 amide bonds. The van der Waals surface area contributed by atoms with Gasteiger partial charge in [0.1, 0.15) is 29.6 Å². The number of hydrogen-bond donors (Lipinski definition) is 0. The molecular weight excluding hydrogens is 392 g/mol. The second-order valence-corrected chi connectivity index (χ2v) is 8.14. The highest BCUT2D eigenvalue weighted by Crippen LogP contribution is 2.37. The summed E-state index contributed by atoms with van der Waals surface area (Å²) in [4.78, 5) is 17.5. The molecule has 0 saturated carbocycles. The zero-order valence-electron chi connectivity index (χ0n) is 16.7. The van der Waals surface area contributed by atoms with Crippen LogP contribution in [0.25, 0.3) is 26.3 Å². The Morgan fingerprint density at radius 1 is 0.967 bits per heavy atom. The zero-order chi connectivity index (χ0) is 20.5. The molecule has 30 heavy (non-hydrogen) atoms. The van der Waals surface area contributed by atoms with E-state index in [9.17, 15) is 0 Å². The monoisotopic (exact) mass is 412 g/mol. The summed E-state index contributed by atoms with van der Waals surface area (Å²) in [6.45, 7) is 2.18. The van der Waals surface area contributed by atoms with Gasteiger partial charge in [-0.2, -0.15) is 5.10 Å². The van der Waals surface area contributed by atoms with E-state index in [1.807, 2.05) is 6.07 Å². The van der Waals surface area contributed by atoms with Gasteiger partial charge in [-0.15, -0.1) is 11.3 Å². The quantitative estimate of drug-likeness (QED) is 0.400. The number of fused-ring (bicyclic) bond motifs is 1.